The molecule has 0 bridgehead atoms. The van der Waals surface area contributed by atoms with E-state index in [2.05, 4.69) is 4.28 Å². The van der Waals surface area contributed by atoms with Gasteiger partial charge < -0.3 is 10.6 Å². The third-order valence-electron chi connectivity index (χ3n) is 2.56. The SMILES string of the molecule is CCC(C(N)=O)N1CC(C)N(OS(=O)(=O)O)C1=O. The number of amides is 3. The minimum Gasteiger partial charge on any atom is -0.368 e. The Hall–Kier alpha value is -1.39. The Labute approximate surface area is 104 Å². The van der Waals surface area contributed by atoms with Crippen molar-refractivity contribution < 1.29 is 26.8 Å². The van der Waals surface area contributed by atoms with Crippen LogP contribution in [0.5, 0.6) is 0 Å². The first-order chi connectivity index (χ1) is 8.17. The highest BCUT2D eigenvalue weighted by Gasteiger charge is 2.42. The number of primary amides is 1. The molecule has 1 rings (SSSR count). The smallest absolute Gasteiger partial charge is 0.368 e. The lowest BCUT2D eigenvalue weighted by atomic mass is 10.2. The van der Waals surface area contributed by atoms with Crippen molar-refractivity contribution in [2.45, 2.75) is 32.4 Å². The maximum absolute atomic E-state index is 11.8. The molecular weight excluding hydrogens is 266 g/mol. The minimum atomic E-state index is -4.79. The van der Waals surface area contributed by atoms with E-state index in [-0.39, 0.29) is 6.54 Å². The molecule has 1 aliphatic rings. The molecule has 3 N–H and O–H groups in total. The molecule has 2 unspecified atom stereocenters. The van der Waals surface area contributed by atoms with Crippen LogP contribution in [0.4, 0.5) is 4.79 Å². The maximum Gasteiger partial charge on any atom is 0.418 e. The van der Waals surface area contributed by atoms with Crippen LogP contribution >= 0.6 is 0 Å². The molecule has 9 nitrogen and oxygen atoms in total. The zero-order valence-corrected chi connectivity index (χ0v) is 10.8. The third kappa shape index (κ3) is 3.09. The van der Waals surface area contributed by atoms with Crippen LogP contribution in [0.15, 0.2) is 0 Å². The van der Waals surface area contributed by atoms with Gasteiger partial charge in [-0.15, -0.1) is 4.28 Å². The predicted molar refractivity (Wildman–Crippen MR) is 59.3 cm³/mol. The molecule has 0 aromatic carbocycles. The zero-order valence-electron chi connectivity index (χ0n) is 9.94. The highest BCUT2D eigenvalue weighted by molar-refractivity contribution is 7.80. The van der Waals surface area contributed by atoms with Crippen LogP contribution < -0.4 is 5.73 Å². The summed E-state index contributed by atoms with van der Waals surface area (Å²) in [4.78, 5) is 24.1. The third-order valence-corrected chi connectivity index (χ3v) is 2.91. The highest BCUT2D eigenvalue weighted by atomic mass is 32.3. The van der Waals surface area contributed by atoms with Crippen molar-refractivity contribution in [3.05, 3.63) is 0 Å². The standard InChI is InChI=1S/C8H15N3O6S/c1-3-6(7(9)12)10-4-5(2)11(8(10)13)17-18(14,15)16/h5-6H,3-4H2,1-2H3,(H2,9,12)(H,14,15,16). The van der Waals surface area contributed by atoms with Crippen LogP contribution in [0, 0.1) is 0 Å². The molecule has 0 spiro atoms. The first-order valence-corrected chi connectivity index (χ1v) is 6.60. The fourth-order valence-electron chi connectivity index (χ4n) is 1.79. The van der Waals surface area contributed by atoms with E-state index < -0.39 is 34.4 Å². The monoisotopic (exact) mass is 281 g/mol. The van der Waals surface area contributed by atoms with Crippen molar-refractivity contribution >= 4 is 22.3 Å². The largest absolute Gasteiger partial charge is 0.418 e. The number of hydrogen-bond donors (Lipinski definition) is 2. The summed E-state index contributed by atoms with van der Waals surface area (Å²) in [7, 11) is -4.79. The van der Waals surface area contributed by atoms with Gasteiger partial charge in [0.05, 0.1) is 6.04 Å². The number of hydrogen-bond acceptors (Lipinski definition) is 5. The van der Waals surface area contributed by atoms with Gasteiger partial charge in [-0.2, -0.15) is 13.5 Å². The summed E-state index contributed by atoms with van der Waals surface area (Å²) < 4.78 is 33.9. The van der Waals surface area contributed by atoms with Gasteiger partial charge in [-0.3, -0.25) is 9.35 Å². The first-order valence-electron chi connectivity index (χ1n) is 5.23. The molecule has 1 fully saturated rings. The van der Waals surface area contributed by atoms with Crippen LogP contribution in [0.2, 0.25) is 0 Å². The van der Waals surface area contributed by atoms with Crippen molar-refractivity contribution in [3.63, 3.8) is 0 Å². The van der Waals surface area contributed by atoms with E-state index in [9.17, 15) is 18.0 Å². The molecule has 0 saturated carbocycles. The van der Waals surface area contributed by atoms with Crippen LogP contribution in [-0.2, 0) is 19.5 Å². The molecule has 0 aromatic rings. The van der Waals surface area contributed by atoms with Crippen LogP contribution in [-0.4, -0.2) is 53.5 Å². The summed E-state index contributed by atoms with van der Waals surface area (Å²) in [5, 5.41) is 0.501. The second-order valence-electron chi connectivity index (χ2n) is 3.94. The Morgan fingerprint density at radius 2 is 2.22 bits per heavy atom. The molecule has 1 saturated heterocycles. The molecule has 1 heterocycles. The minimum absolute atomic E-state index is 0.0792. The first kappa shape index (κ1) is 14.7. The summed E-state index contributed by atoms with van der Waals surface area (Å²) in [6.07, 6.45) is 0.299. The second-order valence-corrected chi connectivity index (χ2v) is 4.94. The van der Waals surface area contributed by atoms with Gasteiger partial charge in [0.1, 0.15) is 6.04 Å². The summed E-state index contributed by atoms with van der Waals surface area (Å²) in [6, 6.07) is -2.30. The molecule has 10 heteroatoms. The Bertz CT molecular complexity index is 450. The highest BCUT2D eigenvalue weighted by Crippen LogP contribution is 2.21. The molecule has 3 amide bonds. The Balaban J connectivity index is 2.90. The lowest BCUT2D eigenvalue weighted by Crippen LogP contribution is -2.46. The second kappa shape index (κ2) is 5.08. The Morgan fingerprint density at radius 3 is 2.61 bits per heavy atom. The average Bonchev–Trinajstić information content (AvgIpc) is 2.45. The average molecular weight is 281 g/mol. The lowest BCUT2D eigenvalue weighted by molar-refractivity contribution is -0.122. The fraction of sp³-hybridized carbons (Fsp3) is 0.750. The van der Waals surface area contributed by atoms with E-state index >= 15 is 0 Å². The molecular formula is C8H15N3O6S. The van der Waals surface area contributed by atoms with E-state index in [1.54, 1.807) is 6.92 Å². The van der Waals surface area contributed by atoms with Gasteiger partial charge in [0.25, 0.3) is 0 Å². The molecule has 0 radical (unpaired) electrons. The van der Waals surface area contributed by atoms with Gasteiger partial charge in [-0.1, -0.05) is 6.92 Å². The number of carbonyl (C=O) groups excluding carboxylic acids is 2. The summed E-state index contributed by atoms with van der Waals surface area (Å²) >= 11 is 0. The summed E-state index contributed by atoms with van der Waals surface area (Å²) in [5.74, 6) is -0.688. The van der Waals surface area contributed by atoms with Crippen LogP contribution in [0.25, 0.3) is 0 Å². The van der Waals surface area contributed by atoms with E-state index in [0.29, 0.717) is 11.5 Å². The van der Waals surface area contributed by atoms with Crippen molar-refractivity contribution in [2.75, 3.05) is 6.54 Å². The zero-order chi connectivity index (χ0) is 14.1. The van der Waals surface area contributed by atoms with Gasteiger partial charge in [-0.05, 0) is 13.3 Å². The number of urea groups is 1. The van der Waals surface area contributed by atoms with E-state index in [4.69, 9.17) is 10.3 Å². The molecule has 18 heavy (non-hydrogen) atoms. The topological polar surface area (TPSA) is 130 Å². The van der Waals surface area contributed by atoms with Gasteiger partial charge in [0.15, 0.2) is 0 Å². The number of nitrogens with zero attached hydrogens (tertiary/aromatic N) is 2. The van der Waals surface area contributed by atoms with Crippen LogP contribution in [0.3, 0.4) is 0 Å². The Kier molecular flexibility index (Phi) is 4.14. The molecule has 0 aliphatic carbocycles. The van der Waals surface area contributed by atoms with Gasteiger partial charge >= 0.3 is 16.4 Å². The molecule has 1 aliphatic heterocycles. The molecule has 2 atom stereocenters. The van der Waals surface area contributed by atoms with Crippen molar-refractivity contribution in [1.82, 2.24) is 9.96 Å². The van der Waals surface area contributed by atoms with Crippen molar-refractivity contribution in [2.24, 2.45) is 5.73 Å². The normalized spacial score (nSPS) is 22.4. The number of hydroxylamine groups is 2. The molecule has 104 valence electrons. The van der Waals surface area contributed by atoms with E-state index in [0.717, 1.165) is 4.90 Å². The lowest BCUT2D eigenvalue weighted by Gasteiger charge is -2.23. The quantitative estimate of drug-likeness (QED) is 0.629. The van der Waals surface area contributed by atoms with Crippen LogP contribution in [0.1, 0.15) is 20.3 Å². The van der Waals surface area contributed by atoms with Gasteiger partial charge in [0.2, 0.25) is 5.91 Å². The van der Waals surface area contributed by atoms with E-state index in [1.807, 2.05) is 0 Å². The van der Waals surface area contributed by atoms with Gasteiger partial charge in [0, 0.05) is 6.54 Å². The van der Waals surface area contributed by atoms with E-state index in [1.165, 1.54) is 6.92 Å². The molecule has 0 aromatic heterocycles. The van der Waals surface area contributed by atoms with Crippen molar-refractivity contribution in [1.29, 1.82) is 0 Å². The number of carbonyl (C=O) groups is 2. The summed E-state index contributed by atoms with van der Waals surface area (Å²) in [5.41, 5.74) is 5.15. The fourth-order valence-corrected chi connectivity index (χ4v) is 2.21. The summed E-state index contributed by atoms with van der Waals surface area (Å²) in [6.45, 7) is 3.26. The maximum atomic E-state index is 11.8. The Morgan fingerprint density at radius 1 is 1.67 bits per heavy atom. The van der Waals surface area contributed by atoms with Gasteiger partial charge in [-0.25, -0.2) is 4.79 Å². The predicted octanol–water partition coefficient (Wildman–Crippen LogP) is -0.889. The number of rotatable bonds is 5. The van der Waals surface area contributed by atoms with Crippen molar-refractivity contribution in [3.8, 4) is 0 Å². The number of nitrogens with two attached hydrogens (primary N) is 1.